The number of benzene rings is 1. The van der Waals surface area contributed by atoms with Crippen molar-refractivity contribution in [1.29, 1.82) is 0 Å². The summed E-state index contributed by atoms with van der Waals surface area (Å²) in [7, 11) is 0. The zero-order chi connectivity index (χ0) is 11.7. The van der Waals surface area contributed by atoms with Crippen molar-refractivity contribution < 1.29 is 9.18 Å². The van der Waals surface area contributed by atoms with Crippen molar-refractivity contribution in [2.75, 3.05) is 17.2 Å². The van der Waals surface area contributed by atoms with Crippen molar-refractivity contribution in [2.45, 2.75) is 6.42 Å². The summed E-state index contributed by atoms with van der Waals surface area (Å²) in [6.45, 7) is 0.601. The molecule has 2 nitrogen and oxygen atoms in total. The number of carbonyl (C=O) groups excluding carboxylic acids is 1. The lowest BCUT2D eigenvalue weighted by molar-refractivity contribution is -0.117. The molecule has 0 spiro atoms. The number of rotatable bonds is 2. The zero-order valence-corrected chi connectivity index (χ0v) is 10.1. The summed E-state index contributed by atoms with van der Waals surface area (Å²) in [4.78, 5) is 13.3. The summed E-state index contributed by atoms with van der Waals surface area (Å²) < 4.78 is 13.3. The summed E-state index contributed by atoms with van der Waals surface area (Å²) in [5.41, 5.74) is 0.566. The summed E-state index contributed by atoms with van der Waals surface area (Å²) in [6, 6.07) is 4.42. The SMILES string of the molecule is O=C1CC(CS)CN1c1ccc(Cl)c(F)c1. The molecule has 0 aliphatic carbocycles. The molecular weight excluding hydrogens is 249 g/mol. The predicted molar refractivity (Wildman–Crippen MR) is 65.7 cm³/mol. The van der Waals surface area contributed by atoms with Crippen molar-refractivity contribution in [3.63, 3.8) is 0 Å². The minimum Gasteiger partial charge on any atom is -0.312 e. The van der Waals surface area contributed by atoms with Crippen LogP contribution in [-0.2, 0) is 4.79 Å². The summed E-state index contributed by atoms with van der Waals surface area (Å²) in [6.07, 6.45) is 0.480. The van der Waals surface area contributed by atoms with E-state index in [1.165, 1.54) is 12.1 Å². The number of thiol groups is 1. The number of halogens is 2. The molecular formula is C11H11ClFNOS. The van der Waals surface area contributed by atoms with Crippen LogP contribution in [0.15, 0.2) is 18.2 Å². The Morgan fingerprint density at radius 1 is 1.56 bits per heavy atom. The van der Waals surface area contributed by atoms with E-state index in [1.54, 1.807) is 11.0 Å². The van der Waals surface area contributed by atoms with Gasteiger partial charge in [0.1, 0.15) is 5.82 Å². The molecule has 0 N–H and O–H groups in total. The van der Waals surface area contributed by atoms with Gasteiger partial charge in [0, 0.05) is 18.7 Å². The van der Waals surface area contributed by atoms with Crippen molar-refractivity contribution in [3.05, 3.63) is 29.0 Å². The maximum atomic E-state index is 13.3. The Labute approximate surface area is 104 Å². The van der Waals surface area contributed by atoms with Gasteiger partial charge in [-0.15, -0.1) is 0 Å². The van der Waals surface area contributed by atoms with E-state index < -0.39 is 5.82 Å². The number of hydrogen-bond donors (Lipinski definition) is 1. The van der Waals surface area contributed by atoms with Crippen LogP contribution in [0.25, 0.3) is 0 Å². The van der Waals surface area contributed by atoms with Gasteiger partial charge in [-0.05, 0) is 29.9 Å². The van der Waals surface area contributed by atoms with Crippen LogP contribution in [0.4, 0.5) is 10.1 Å². The fourth-order valence-electron chi connectivity index (χ4n) is 1.81. The van der Waals surface area contributed by atoms with Crippen LogP contribution in [0.1, 0.15) is 6.42 Å². The number of nitrogens with zero attached hydrogens (tertiary/aromatic N) is 1. The Morgan fingerprint density at radius 3 is 2.88 bits per heavy atom. The van der Waals surface area contributed by atoms with Crippen molar-refractivity contribution in [3.8, 4) is 0 Å². The monoisotopic (exact) mass is 259 g/mol. The molecule has 0 bridgehead atoms. The summed E-state index contributed by atoms with van der Waals surface area (Å²) in [5, 5.41) is 0.0705. The highest BCUT2D eigenvalue weighted by atomic mass is 35.5. The topological polar surface area (TPSA) is 20.3 Å². The molecule has 1 aromatic carbocycles. The average Bonchev–Trinajstić information content (AvgIpc) is 2.64. The van der Waals surface area contributed by atoms with Crippen molar-refractivity contribution >= 4 is 35.8 Å². The molecule has 2 rings (SSSR count). The molecule has 5 heteroatoms. The minimum atomic E-state index is -0.499. The fourth-order valence-corrected chi connectivity index (χ4v) is 2.17. The lowest BCUT2D eigenvalue weighted by Gasteiger charge is -2.16. The van der Waals surface area contributed by atoms with Gasteiger partial charge in [-0.3, -0.25) is 4.79 Å². The predicted octanol–water partition coefficient (Wildman–Crippen LogP) is 2.76. The highest BCUT2D eigenvalue weighted by Gasteiger charge is 2.29. The van der Waals surface area contributed by atoms with Crippen LogP contribution in [0.3, 0.4) is 0 Å². The van der Waals surface area contributed by atoms with Gasteiger partial charge >= 0.3 is 0 Å². The Bertz CT molecular complexity index is 426. The van der Waals surface area contributed by atoms with Crippen LogP contribution in [0, 0.1) is 11.7 Å². The first-order chi connectivity index (χ1) is 7.61. The molecule has 1 aromatic rings. The summed E-state index contributed by atoms with van der Waals surface area (Å²) >= 11 is 9.76. The normalized spacial score (nSPS) is 20.6. The Morgan fingerprint density at radius 2 is 2.31 bits per heavy atom. The molecule has 0 saturated carbocycles. The highest BCUT2D eigenvalue weighted by molar-refractivity contribution is 7.80. The van der Waals surface area contributed by atoms with Crippen LogP contribution in [-0.4, -0.2) is 18.2 Å². The summed E-state index contributed by atoms with van der Waals surface area (Å²) in [5.74, 6) is 0.426. The van der Waals surface area contributed by atoms with Gasteiger partial charge in [0.25, 0.3) is 0 Å². The van der Waals surface area contributed by atoms with Crippen LogP contribution < -0.4 is 4.90 Å². The lowest BCUT2D eigenvalue weighted by Crippen LogP contribution is -2.24. The van der Waals surface area contributed by atoms with Gasteiger partial charge < -0.3 is 4.90 Å². The lowest BCUT2D eigenvalue weighted by atomic mass is 10.1. The number of amides is 1. The third kappa shape index (κ3) is 2.18. The van der Waals surface area contributed by atoms with E-state index in [0.29, 0.717) is 24.4 Å². The minimum absolute atomic E-state index is 0.0146. The van der Waals surface area contributed by atoms with E-state index in [1.807, 2.05) is 0 Å². The van der Waals surface area contributed by atoms with Gasteiger partial charge in [-0.1, -0.05) is 11.6 Å². The van der Waals surface area contributed by atoms with Gasteiger partial charge in [0.2, 0.25) is 5.91 Å². The Balaban J connectivity index is 2.24. The molecule has 0 aromatic heterocycles. The van der Waals surface area contributed by atoms with E-state index in [9.17, 15) is 9.18 Å². The smallest absolute Gasteiger partial charge is 0.227 e. The molecule has 1 fully saturated rings. The van der Waals surface area contributed by atoms with E-state index in [4.69, 9.17) is 11.6 Å². The van der Waals surface area contributed by atoms with Gasteiger partial charge in [0.05, 0.1) is 5.02 Å². The van der Waals surface area contributed by atoms with E-state index in [-0.39, 0.29) is 16.8 Å². The molecule has 1 unspecified atom stereocenters. The molecule has 16 heavy (non-hydrogen) atoms. The quantitative estimate of drug-likeness (QED) is 0.810. The Kier molecular flexibility index (Phi) is 3.40. The van der Waals surface area contributed by atoms with Gasteiger partial charge in [-0.2, -0.15) is 12.6 Å². The highest BCUT2D eigenvalue weighted by Crippen LogP contribution is 2.28. The maximum absolute atomic E-state index is 13.3. The number of anilines is 1. The molecule has 1 heterocycles. The van der Waals surface area contributed by atoms with Crippen LogP contribution >= 0.6 is 24.2 Å². The van der Waals surface area contributed by atoms with E-state index in [0.717, 1.165) is 0 Å². The third-order valence-electron chi connectivity index (χ3n) is 2.68. The van der Waals surface area contributed by atoms with E-state index in [2.05, 4.69) is 12.6 Å². The molecule has 0 radical (unpaired) electrons. The van der Waals surface area contributed by atoms with Crippen LogP contribution in [0.2, 0.25) is 5.02 Å². The van der Waals surface area contributed by atoms with Crippen molar-refractivity contribution in [1.82, 2.24) is 0 Å². The second-order valence-corrected chi connectivity index (χ2v) is 4.63. The molecule has 1 atom stereocenters. The van der Waals surface area contributed by atoms with E-state index >= 15 is 0 Å². The van der Waals surface area contributed by atoms with Crippen molar-refractivity contribution in [2.24, 2.45) is 5.92 Å². The molecule has 86 valence electrons. The maximum Gasteiger partial charge on any atom is 0.227 e. The van der Waals surface area contributed by atoms with Gasteiger partial charge in [-0.25, -0.2) is 4.39 Å². The van der Waals surface area contributed by atoms with Gasteiger partial charge in [0.15, 0.2) is 0 Å². The number of carbonyl (C=O) groups is 1. The largest absolute Gasteiger partial charge is 0.312 e. The first kappa shape index (κ1) is 11.7. The Hall–Kier alpha value is -0.740. The zero-order valence-electron chi connectivity index (χ0n) is 8.49. The molecule has 1 aliphatic heterocycles. The first-order valence-corrected chi connectivity index (χ1v) is 5.99. The number of hydrogen-bond acceptors (Lipinski definition) is 2. The fraction of sp³-hybridized carbons (Fsp3) is 0.364. The molecule has 1 aliphatic rings. The standard InChI is InChI=1S/C11H11ClFNOS/c12-9-2-1-8(4-10(9)13)14-5-7(6-16)3-11(14)15/h1-2,4,7,16H,3,5-6H2. The second kappa shape index (κ2) is 4.63. The average molecular weight is 260 g/mol. The van der Waals surface area contributed by atoms with Crippen LogP contribution in [0.5, 0.6) is 0 Å². The third-order valence-corrected chi connectivity index (χ3v) is 3.50. The second-order valence-electron chi connectivity index (χ2n) is 3.86. The molecule has 1 saturated heterocycles. The molecule has 1 amide bonds. The first-order valence-electron chi connectivity index (χ1n) is 4.98.